The highest BCUT2D eigenvalue weighted by Crippen LogP contribution is 2.28. The molecule has 0 spiro atoms. The minimum absolute atomic E-state index is 0.354. The van der Waals surface area contributed by atoms with E-state index in [1.165, 1.54) is 33.4 Å². The van der Waals surface area contributed by atoms with E-state index in [1.54, 1.807) is 126 Å². The minimum atomic E-state index is -0.379. The lowest BCUT2D eigenvalue weighted by Gasteiger charge is -2.07. The number of hydrogen-bond acceptors (Lipinski definition) is 10. The third kappa shape index (κ3) is 19.0. The summed E-state index contributed by atoms with van der Waals surface area (Å²) < 4.78 is 36.5. The van der Waals surface area contributed by atoms with Gasteiger partial charge in [-0.3, -0.25) is 0 Å². The van der Waals surface area contributed by atoms with E-state index >= 15 is 0 Å². The van der Waals surface area contributed by atoms with Crippen LogP contribution in [0.2, 0.25) is 0 Å². The van der Waals surface area contributed by atoms with Crippen LogP contribution in [0.3, 0.4) is 0 Å². The average molecular weight is 1170 g/mol. The van der Waals surface area contributed by atoms with E-state index in [0.29, 0.717) is 33.9 Å². The Balaban J connectivity index is 0.000000153. The molecule has 10 heteroatoms. The molecule has 0 bridgehead atoms. The van der Waals surface area contributed by atoms with Gasteiger partial charge in [0.1, 0.15) is 40.2 Å². The van der Waals surface area contributed by atoms with Gasteiger partial charge in [-0.05, 0) is 200 Å². The molecule has 0 saturated carbocycles. The SMILES string of the molecule is COc1ccc(-c2ccc(Cc3ccc(C)cc3)cc2)cc1.COc1ccc(-c2ccc(OC(=O)c3ccc(C)cc3)cc2)cc1.COc1ccc(OC(=O)c2ccc(-c3ccc(C)cc3)cc2)cc1.COc1ccc(OC(=O)c2ccc(C)cc2)cc1. The van der Waals surface area contributed by atoms with Crippen LogP contribution in [-0.2, 0) is 6.42 Å². The monoisotopic (exact) mass is 1170 g/mol. The molecular weight excluding hydrogens is 1100 g/mol. The van der Waals surface area contributed by atoms with Crippen LogP contribution in [-0.4, -0.2) is 46.3 Å². The molecule has 0 unspecified atom stereocenters. The van der Waals surface area contributed by atoms with E-state index in [1.807, 2.05) is 98.8 Å². The Labute approximate surface area is 516 Å². The molecule has 0 aromatic heterocycles. The number of carbonyl (C=O) groups is 3. The first-order chi connectivity index (χ1) is 42.7. The smallest absolute Gasteiger partial charge is 0.343 e. The Kier molecular flexibility index (Phi) is 22.8. The fraction of sp³-hybridized carbons (Fsp3) is 0.115. The molecule has 11 aromatic carbocycles. The third-order valence-corrected chi connectivity index (χ3v) is 14.0. The predicted octanol–water partition coefficient (Wildman–Crippen LogP) is 18.3. The van der Waals surface area contributed by atoms with Gasteiger partial charge in [-0.2, -0.15) is 0 Å². The molecule has 0 atom stereocenters. The minimum Gasteiger partial charge on any atom is -0.497 e. The summed E-state index contributed by atoms with van der Waals surface area (Å²) in [5, 5.41) is 0. The first-order valence-corrected chi connectivity index (χ1v) is 28.5. The van der Waals surface area contributed by atoms with Crippen LogP contribution < -0.4 is 33.2 Å². The largest absolute Gasteiger partial charge is 0.497 e. The van der Waals surface area contributed by atoms with Crippen molar-refractivity contribution >= 4 is 17.9 Å². The van der Waals surface area contributed by atoms with Crippen molar-refractivity contribution in [2.45, 2.75) is 34.1 Å². The molecule has 0 aliphatic carbocycles. The van der Waals surface area contributed by atoms with Crippen LogP contribution in [0, 0.1) is 27.7 Å². The zero-order chi connectivity index (χ0) is 62.2. The summed E-state index contributed by atoms with van der Waals surface area (Å²) in [6, 6.07) is 85.1. The highest BCUT2D eigenvalue weighted by molar-refractivity contribution is 5.92. The Morgan fingerprint density at radius 1 is 0.227 bits per heavy atom. The summed E-state index contributed by atoms with van der Waals surface area (Å²) in [5.41, 5.74) is 15.8. The van der Waals surface area contributed by atoms with Crippen molar-refractivity contribution in [2.24, 2.45) is 0 Å². The molecule has 11 aromatic rings. The number of aryl methyl sites for hydroxylation is 4. The first-order valence-electron chi connectivity index (χ1n) is 28.5. The number of ether oxygens (including phenoxy) is 7. The topological polar surface area (TPSA) is 116 Å². The van der Waals surface area contributed by atoms with Gasteiger partial charge in [0.2, 0.25) is 0 Å². The van der Waals surface area contributed by atoms with Crippen molar-refractivity contribution in [3.8, 4) is 73.6 Å². The van der Waals surface area contributed by atoms with Crippen molar-refractivity contribution in [3.63, 3.8) is 0 Å². The highest BCUT2D eigenvalue weighted by atomic mass is 16.5. The third-order valence-electron chi connectivity index (χ3n) is 14.0. The lowest BCUT2D eigenvalue weighted by atomic mass is 10.00. The summed E-state index contributed by atoms with van der Waals surface area (Å²) in [6.07, 6.45) is 0.975. The number of methoxy groups -OCH3 is 4. The van der Waals surface area contributed by atoms with E-state index < -0.39 is 0 Å². The maximum Gasteiger partial charge on any atom is 0.343 e. The van der Waals surface area contributed by atoms with Crippen molar-refractivity contribution in [3.05, 3.63) is 317 Å². The lowest BCUT2D eigenvalue weighted by molar-refractivity contribution is 0.0725. The van der Waals surface area contributed by atoms with E-state index in [4.69, 9.17) is 33.2 Å². The molecule has 0 fully saturated rings. The zero-order valence-electron chi connectivity index (χ0n) is 50.7. The fourth-order valence-electron chi connectivity index (χ4n) is 8.75. The molecule has 0 radical (unpaired) electrons. The van der Waals surface area contributed by atoms with E-state index in [9.17, 15) is 14.4 Å². The maximum atomic E-state index is 12.2. The molecule has 0 saturated heterocycles. The van der Waals surface area contributed by atoms with Crippen LogP contribution in [0.25, 0.3) is 33.4 Å². The summed E-state index contributed by atoms with van der Waals surface area (Å²) in [7, 11) is 6.52. The van der Waals surface area contributed by atoms with Gasteiger partial charge < -0.3 is 33.2 Å². The number of esters is 3. The van der Waals surface area contributed by atoms with Gasteiger partial charge in [-0.1, -0.05) is 168 Å². The molecule has 0 N–H and O–H groups in total. The maximum absolute atomic E-state index is 12.2. The van der Waals surface area contributed by atoms with Crippen molar-refractivity contribution < 1.29 is 47.5 Å². The van der Waals surface area contributed by atoms with Gasteiger partial charge in [0, 0.05) is 0 Å². The van der Waals surface area contributed by atoms with Crippen LogP contribution in [0.1, 0.15) is 64.5 Å². The number of hydrogen-bond donors (Lipinski definition) is 0. The Morgan fingerprint density at radius 3 is 0.670 bits per heavy atom. The molecule has 0 aliphatic rings. The second-order valence-corrected chi connectivity index (χ2v) is 20.5. The molecule has 0 amide bonds. The van der Waals surface area contributed by atoms with Gasteiger partial charge in [0.15, 0.2) is 0 Å². The van der Waals surface area contributed by atoms with Gasteiger partial charge in [-0.25, -0.2) is 14.4 Å². The second-order valence-electron chi connectivity index (χ2n) is 20.5. The molecule has 0 heterocycles. The first kappa shape index (κ1) is 63.1. The molecular formula is C78H70O10. The van der Waals surface area contributed by atoms with Crippen LogP contribution in [0.15, 0.2) is 267 Å². The molecule has 88 heavy (non-hydrogen) atoms. The Hall–Kier alpha value is -11.0. The number of benzene rings is 11. The second kappa shape index (κ2) is 31.8. The van der Waals surface area contributed by atoms with E-state index in [2.05, 4.69) is 98.8 Å². The highest BCUT2D eigenvalue weighted by Gasteiger charge is 2.12. The lowest BCUT2D eigenvalue weighted by Crippen LogP contribution is -2.08. The van der Waals surface area contributed by atoms with Crippen molar-refractivity contribution in [1.82, 2.24) is 0 Å². The van der Waals surface area contributed by atoms with Crippen molar-refractivity contribution in [2.75, 3.05) is 28.4 Å². The van der Waals surface area contributed by atoms with Gasteiger partial charge in [-0.15, -0.1) is 0 Å². The number of carbonyl (C=O) groups excluding carboxylic acids is 3. The van der Waals surface area contributed by atoms with Crippen LogP contribution in [0.5, 0.6) is 40.2 Å². The molecule has 0 aliphatic heterocycles. The average Bonchev–Trinajstić information content (AvgIpc) is 3.57. The number of rotatable bonds is 15. The van der Waals surface area contributed by atoms with Gasteiger partial charge >= 0.3 is 17.9 Å². The van der Waals surface area contributed by atoms with Gasteiger partial charge in [0.05, 0.1) is 45.1 Å². The van der Waals surface area contributed by atoms with E-state index in [-0.39, 0.29) is 17.9 Å². The quantitative estimate of drug-likeness (QED) is 0.0726. The molecule has 10 nitrogen and oxygen atoms in total. The van der Waals surface area contributed by atoms with Crippen LogP contribution in [0.4, 0.5) is 0 Å². The summed E-state index contributed by atoms with van der Waals surface area (Å²) in [6.45, 7) is 8.13. The standard InChI is InChI=1S/2C21H18O3.C21H20O.C15H14O3/c1-15-3-5-18(6-4-15)21(22)24-20-13-9-17(10-14-20)16-7-11-19(23-2)12-8-16;1-15-3-5-16(6-4-15)17-7-9-18(10-8-17)21(22)24-20-13-11-19(23-2)12-14-20;1-16-3-5-17(6-4-16)15-18-7-9-19(10-8-18)20-11-13-21(22-2)14-12-20;1-11-3-5-12(6-4-11)15(16)18-14-9-7-13(17-2)8-10-14/h2*3-14H,1-2H3;3-14H,15H2,1-2H3;3-10H,1-2H3. The molecule has 11 rings (SSSR count). The Morgan fingerprint density at radius 2 is 0.398 bits per heavy atom. The van der Waals surface area contributed by atoms with Gasteiger partial charge in [0.25, 0.3) is 0 Å². The summed E-state index contributed by atoms with van der Waals surface area (Å²) >= 11 is 0. The normalized spacial score (nSPS) is 10.2. The van der Waals surface area contributed by atoms with E-state index in [0.717, 1.165) is 62.8 Å². The van der Waals surface area contributed by atoms with Crippen molar-refractivity contribution in [1.29, 1.82) is 0 Å². The fourth-order valence-corrected chi connectivity index (χ4v) is 8.75. The predicted molar refractivity (Wildman–Crippen MR) is 351 cm³/mol. The van der Waals surface area contributed by atoms with Crippen LogP contribution >= 0.6 is 0 Å². The summed E-state index contributed by atoms with van der Waals surface area (Å²) in [4.78, 5) is 36.1. The molecule has 442 valence electrons. The zero-order valence-corrected chi connectivity index (χ0v) is 50.7. The summed E-state index contributed by atoms with van der Waals surface area (Å²) in [5.74, 6) is 3.58. The Bertz CT molecular complexity index is 3940.